The Kier molecular flexibility index (Phi) is 2.41. The molecule has 1 amide bonds. The molecule has 4 heteroatoms. The Bertz CT molecular complexity index is 265. The van der Waals surface area contributed by atoms with Crippen molar-refractivity contribution in [1.29, 1.82) is 0 Å². The standard InChI is InChI=1S/C11H18N2O2/c14-11(7-3-4-7)13-9-6-12-8-2-1-5-15-10(8)9/h7-10,12H,1-6H2,(H,13,14)/t8-,9+,10+/m0/s1. The highest BCUT2D eigenvalue weighted by Crippen LogP contribution is 2.30. The van der Waals surface area contributed by atoms with Crippen LogP contribution in [0.4, 0.5) is 0 Å². The van der Waals surface area contributed by atoms with Crippen LogP contribution in [0.15, 0.2) is 0 Å². The van der Waals surface area contributed by atoms with E-state index >= 15 is 0 Å². The topological polar surface area (TPSA) is 50.4 Å². The number of hydrogen-bond acceptors (Lipinski definition) is 3. The highest BCUT2D eigenvalue weighted by molar-refractivity contribution is 5.81. The van der Waals surface area contributed by atoms with Gasteiger partial charge in [-0.25, -0.2) is 0 Å². The van der Waals surface area contributed by atoms with Crippen LogP contribution in [0.5, 0.6) is 0 Å². The first kappa shape index (κ1) is 9.60. The number of nitrogens with one attached hydrogen (secondary N) is 2. The highest BCUT2D eigenvalue weighted by Gasteiger charge is 2.41. The Morgan fingerprint density at radius 3 is 3.00 bits per heavy atom. The van der Waals surface area contributed by atoms with Crippen LogP contribution in [0, 0.1) is 5.92 Å². The zero-order valence-electron chi connectivity index (χ0n) is 8.87. The second-order valence-corrected chi connectivity index (χ2v) is 4.88. The number of rotatable bonds is 2. The first-order chi connectivity index (χ1) is 7.34. The minimum atomic E-state index is 0.198. The SMILES string of the molecule is O=C(N[C@@H]1CN[C@H]2CCCO[C@H]21)C1CC1. The summed E-state index contributed by atoms with van der Waals surface area (Å²) < 4.78 is 5.74. The minimum Gasteiger partial charge on any atom is -0.374 e. The van der Waals surface area contributed by atoms with E-state index in [9.17, 15) is 4.79 Å². The molecule has 3 rings (SSSR count). The van der Waals surface area contributed by atoms with Crippen molar-refractivity contribution >= 4 is 5.91 Å². The summed E-state index contributed by atoms with van der Waals surface area (Å²) in [6, 6.07) is 0.659. The van der Waals surface area contributed by atoms with Crippen LogP contribution in [0.25, 0.3) is 0 Å². The van der Waals surface area contributed by atoms with Gasteiger partial charge < -0.3 is 15.4 Å². The van der Waals surface area contributed by atoms with Crippen molar-refractivity contribution in [2.45, 2.75) is 43.9 Å². The molecule has 1 saturated carbocycles. The van der Waals surface area contributed by atoms with Crippen LogP contribution < -0.4 is 10.6 Å². The molecule has 4 nitrogen and oxygen atoms in total. The normalized spacial score (nSPS) is 39.9. The molecular weight excluding hydrogens is 192 g/mol. The average Bonchev–Trinajstić information content (AvgIpc) is 3.03. The van der Waals surface area contributed by atoms with Gasteiger partial charge in [0.25, 0.3) is 0 Å². The summed E-state index contributed by atoms with van der Waals surface area (Å²) in [5.74, 6) is 0.532. The molecule has 15 heavy (non-hydrogen) atoms. The Hall–Kier alpha value is -0.610. The van der Waals surface area contributed by atoms with Gasteiger partial charge in [-0.1, -0.05) is 0 Å². The van der Waals surface area contributed by atoms with Crippen LogP contribution in [-0.4, -0.2) is 37.2 Å². The molecule has 0 radical (unpaired) electrons. The average molecular weight is 210 g/mol. The van der Waals surface area contributed by atoms with E-state index in [-0.39, 0.29) is 18.1 Å². The van der Waals surface area contributed by atoms with E-state index in [0.717, 1.165) is 32.4 Å². The second kappa shape index (κ2) is 3.76. The first-order valence-corrected chi connectivity index (χ1v) is 6.00. The maximum atomic E-state index is 11.6. The number of hydrogen-bond donors (Lipinski definition) is 2. The van der Waals surface area contributed by atoms with Crippen molar-refractivity contribution in [2.24, 2.45) is 5.92 Å². The van der Waals surface area contributed by atoms with Crippen LogP contribution in [0.1, 0.15) is 25.7 Å². The molecular formula is C11H18N2O2. The van der Waals surface area contributed by atoms with Crippen LogP contribution >= 0.6 is 0 Å². The van der Waals surface area contributed by atoms with Crippen LogP contribution in [0.3, 0.4) is 0 Å². The van der Waals surface area contributed by atoms with Gasteiger partial charge in [0.15, 0.2) is 0 Å². The smallest absolute Gasteiger partial charge is 0.223 e. The molecule has 3 fully saturated rings. The Labute approximate surface area is 89.7 Å². The molecule has 3 aliphatic rings. The maximum Gasteiger partial charge on any atom is 0.223 e. The van der Waals surface area contributed by atoms with Crippen molar-refractivity contribution in [3.63, 3.8) is 0 Å². The minimum absolute atomic E-state index is 0.198. The zero-order chi connectivity index (χ0) is 10.3. The number of ether oxygens (including phenoxy) is 1. The van der Waals surface area contributed by atoms with Crippen molar-refractivity contribution in [2.75, 3.05) is 13.2 Å². The van der Waals surface area contributed by atoms with E-state index in [1.807, 2.05) is 0 Å². The molecule has 84 valence electrons. The largest absolute Gasteiger partial charge is 0.374 e. The van der Waals surface area contributed by atoms with Gasteiger partial charge in [-0.05, 0) is 25.7 Å². The Balaban J connectivity index is 1.58. The van der Waals surface area contributed by atoms with E-state index < -0.39 is 0 Å². The van der Waals surface area contributed by atoms with E-state index in [4.69, 9.17) is 4.74 Å². The summed E-state index contributed by atoms with van der Waals surface area (Å²) in [6.07, 6.45) is 4.67. The third kappa shape index (κ3) is 1.88. The molecule has 2 N–H and O–H groups in total. The van der Waals surface area contributed by atoms with Gasteiger partial charge in [-0.3, -0.25) is 4.79 Å². The molecule has 2 aliphatic heterocycles. The van der Waals surface area contributed by atoms with E-state index in [1.54, 1.807) is 0 Å². The lowest BCUT2D eigenvalue weighted by Gasteiger charge is -2.29. The molecule has 0 aromatic rings. The lowest BCUT2D eigenvalue weighted by Crippen LogP contribution is -2.47. The summed E-state index contributed by atoms with van der Waals surface area (Å²) >= 11 is 0. The predicted octanol–water partition coefficient (Wildman–Crippen LogP) is 0.0320. The quantitative estimate of drug-likeness (QED) is 0.676. The van der Waals surface area contributed by atoms with Crippen molar-refractivity contribution < 1.29 is 9.53 Å². The fraction of sp³-hybridized carbons (Fsp3) is 0.909. The van der Waals surface area contributed by atoms with Gasteiger partial charge in [0, 0.05) is 25.1 Å². The fourth-order valence-corrected chi connectivity index (χ4v) is 2.59. The lowest BCUT2D eigenvalue weighted by atomic mass is 10.0. The van der Waals surface area contributed by atoms with Crippen molar-refractivity contribution in [3.8, 4) is 0 Å². The molecule has 1 aliphatic carbocycles. The zero-order valence-corrected chi connectivity index (χ0v) is 8.87. The first-order valence-electron chi connectivity index (χ1n) is 6.00. The second-order valence-electron chi connectivity index (χ2n) is 4.88. The van der Waals surface area contributed by atoms with Gasteiger partial charge in [0.1, 0.15) is 0 Å². The summed E-state index contributed by atoms with van der Waals surface area (Å²) in [5.41, 5.74) is 0. The fourth-order valence-electron chi connectivity index (χ4n) is 2.59. The molecule has 2 heterocycles. The van der Waals surface area contributed by atoms with Gasteiger partial charge in [-0.2, -0.15) is 0 Å². The number of amides is 1. The van der Waals surface area contributed by atoms with Gasteiger partial charge in [0.2, 0.25) is 5.91 Å². The Morgan fingerprint density at radius 2 is 2.20 bits per heavy atom. The number of fused-ring (bicyclic) bond motifs is 1. The third-order valence-electron chi connectivity index (χ3n) is 3.64. The molecule has 0 bridgehead atoms. The van der Waals surface area contributed by atoms with Crippen LogP contribution in [0.2, 0.25) is 0 Å². The molecule has 0 aromatic carbocycles. The van der Waals surface area contributed by atoms with Crippen molar-refractivity contribution in [1.82, 2.24) is 10.6 Å². The molecule has 2 saturated heterocycles. The van der Waals surface area contributed by atoms with E-state index in [2.05, 4.69) is 10.6 Å². The van der Waals surface area contributed by atoms with Gasteiger partial charge >= 0.3 is 0 Å². The summed E-state index contributed by atoms with van der Waals surface area (Å²) in [4.78, 5) is 11.6. The highest BCUT2D eigenvalue weighted by atomic mass is 16.5. The monoisotopic (exact) mass is 210 g/mol. The Morgan fingerprint density at radius 1 is 1.33 bits per heavy atom. The lowest BCUT2D eigenvalue weighted by molar-refractivity contribution is -0.124. The number of carbonyl (C=O) groups excluding carboxylic acids is 1. The van der Waals surface area contributed by atoms with E-state index in [1.165, 1.54) is 6.42 Å². The van der Waals surface area contributed by atoms with Gasteiger partial charge in [-0.15, -0.1) is 0 Å². The molecule has 0 aromatic heterocycles. The summed E-state index contributed by atoms with van der Waals surface area (Å²) in [7, 11) is 0. The summed E-state index contributed by atoms with van der Waals surface area (Å²) in [6.45, 7) is 1.71. The molecule has 0 spiro atoms. The van der Waals surface area contributed by atoms with Gasteiger partial charge in [0.05, 0.1) is 12.1 Å². The molecule has 0 unspecified atom stereocenters. The van der Waals surface area contributed by atoms with Crippen molar-refractivity contribution in [3.05, 3.63) is 0 Å². The van der Waals surface area contributed by atoms with E-state index in [0.29, 0.717) is 12.0 Å². The third-order valence-corrected chi connectivity index (χ3v) is 3.64. The number of carbonyl (C=O) groups is 1. The molecule has 3 atom stereocenters. The van der Waals surface area contributed by atoms with Crippen LogP contribution in [-0.2, 0) is 9.53 Å². The summed E-state index contributed by atoms with van der Waals surface area (Å²) in [5, 5.41) is 6.55. The predicted molar refractivity (Wildman–Crippen MR) is 55.4 cm³/mol. The maximum absolute atomic E-state index is 11.6.